The van der Waals surface area contributed by atoms with E-state index in [9.17, 15) is 18.4 Å². The summed E-state index contributed by atoms with van der Waals surface area (Å²) in [5, 5.41) is 0.0565. The standard InChI is InChI=1S/C20H17F2N3O3S/c21-19(22)29-20-23-15-4-1-2-5-16(15)25(20)12-18(27)28-14-9-7-13(8-10-14)24-11-3-6-17(24)26/h1-2,4-5,7-10,19H,3,6,11-12H2. The molecule has 9 heteroatoms. The molecule has 0 aliphatic carbocycles. The van der Waals surface area contributed by atoms with Crippen molar-refractivity contribution in [2.75, 3.05) is 11.4 Å². The lowest BCUT2D eigenvalue weighted by Crippen LogP contribution is -2.23. The smallest absolute Gasteiger partial charge is 0.331 e. The van der Waals surface area contributed by atoms with Gasteiger partial charge in [-0.15, -0.1) is 0 Å². The fraction of sp³-hybridized carbons (Fsp3) is 0.250. The number of halogens is 2. The summed E-state index contributed by atoms with van der Waals surface area (Å²) in [7, 11) is 0. The molecule has 0 bridgehead atoms. The molecular weight excluding hydrogens is 400 g/mol. The van der Waals surface area contributed by atoms with Gasteiger partial charge in [-0.1, -0.05) is 12.1 Å². The number of carbonyl (C=O) groups is 2. The van der Waals surface area contributed by atoms with Gasteiger partial charge in [0, 0.05) is 18.7 Å². The molecule has 1 aromatic heterocycles. The first-order valence-electron chi connectivity index (χ1n) is 9.02. The minimum atomic E-state index is -2.65. The van der Waals surface area contributed by atoms with Crippen LogP contribution >= 0.6 is 11.8 Å². The Hall–Kier alpha value is -2.94. The molecule has 6 nitrogen and oxygen atoms in total. The third-order valence-corrected chi connectivity index (χ3v) is 5.26. The maximum atomic E-state index is 12.9. The van der Waals surface area contributed by atoms with E-state index < -0.39 is 11.7 Å². The monoisotopic (exact) mass is 417 g/mol. The molecule has 0 saturated carbocycles. The van der Waals surface area contributed by atoms with Crippen LogP contribution in [0.1, 0.15) is 12.8 Å². The highest BCUT2D eigenvalue weighted by Gasteiger charge is 2.22. The Morgan fingerprint density at radius 3 is 2.62 bits per heavy atom. The molecule has 1 aliphatic heterocycles. The summed E-state index contributed by atoms with van der Waals surface area (Å²) in [5.74, 6) is -2.86. The van der Waals surface area contributed by atoms with Crippen molar-refractivity contribution in [2.24, 2.45) is 0 Å². The van der Waals surface area contributed by atoms with Gasteiger partial charge in [-0.25, -0.2) is 9.78 Å². The van der Waals surface area contributed by atoms with Crippen LogP contribution in [0.15, 0.2) is 53.7 Å². The number of anilines is 1. The molecule has 3 aromatic rings. The lowest BCUT2D eigenvalue weighted by atomic mass is 10.3. The Bertz CT molecular complexity index is 1050. The number of hydrogen-bond donors (Lipinski definition) is 0. The van der Waals surface area contributed by atoms with Crippen LogP contribution in [0.25, 0.3) is 11.0 Å². The highest BCUT2D eigenvalue weighted by atomic mass is 32.2. The summed E-state index contributed by atoms with van der Waals surface area (Å²) < 4.78 is 32.5. The van der Waals surface area contributed by atoms with Gasteiger partial charge < -0.3 is 14.2 Å². The van der Waals surface area contributed by atoms with Crippen LogP contribution in [-0.4, -0.2) is 33.7 Å². The number of carbonyl (C=O) groups excluding carboxylic acids is 2. The van der Waals surface area contributed by atoms with Crippen molar-refractivity contribution >= 4 is 40.4 Å². The first-order chi connectivity index (χ1) is 14.0. The van der Waals surface area contributed by atoms with Crippen LogP contribution in [-0.2, 0) is 16.1 Å². The lowest BCUT2D eigenvalue weighted by molar-refractivity contribution is -0.135. The molecular formula is C20H17F2N3O3S. The second-order valence-electron chi connectivity index (χ2n) is 6.46. The fourth-order valence-corrected chi connectivity index (χ4v) is 3.88. The summed E-state index contributed by atoms with van der Waals surface area (Å²) in [6, 6.07) is 13.6. The van der Waals surface area contributed by atoms with Gasteiger partial charge in [0.15, 0.2) is 5.16 Å². The van der Waals surface area contributed by atoms with Gasteiger partial charge in [-0.05, 0) is 54.6 Å². The molecule has 4 rings (SSSR count). The minimum absolute atomic E-state index is 0.0565. The van der Waals surface area contributed by atoms with Crippen LogP contribution in [0.3, 0.4) is 0 Å². The number of hydrogen-bond acceptors (Lipinski definition) is 5. The molecule has 150 valence electrons. The zero-order chi connectivity index (χ0) is 20.4. The second kappa shape index (κ2) is 8.20. The average molecular weight is 417 g/mol. The van der Waals surface area contributed by atoms with E-state index in [0.29, 0.717) is 29.7 Å². The third kappa shape index (κ3) is 4.24. The Labute approximate surface area is 169 Å². The van der Waals surface area contributed by atoms with Gasteiger partial charge in [-0.2, -0.15) is 8.78 Å². The Morgan fingerprint density at radius 2 is 1.93 bits per heavy atom. The number of amides is 1. The highest BCUT2D eigenvalue weighted by molar-refractivity contribution is 7.99. The van der Waals surface area contributed by atoms with Gasteiger partial charge in [0.1, 0.15) is 12.3 Å². The number of fused-ring (bicyclic) bond motifs is 1. The molecule has 1 aliphatic rings. The molecule has 2 aromatic carbocycles. The number of para-hydroxylation sites is 2. The lowest BCUT2D eigenvalue weighted by Gasteiger charge is -2.16. The number of nitrogens with zero attached hydrogens (tertiary/aromatic N) is 3. The van der Waals surface area contributed by atoms with Crippen LogP contribution in [0.2, 0.25) is 0 Å². The highest BCUT2D eigenvalue weighted by Crippen LogP contribution is 2.29. The zero-order valence-corrected chi connectivity index (χ0v) is 16.1. The van der Waals surface area contributed by atoms with Crippen molar-refractivity contribution in [3.63, 3.8) is 0 Å². The van der Waals surface area contributed by atoms with Gasteiger partial charge in [0.05, 0.1) is 11.0 Å². The zero-order valence-electron chi connectivity index (χ0n) is 15.3. The molecule has 0 N–H and O–H groups in total. The van der Waals surface area contributed by atoms with E-state index in [1.807, 2.05) is 0 Å². The van der Waals surface area contributed by atoms with Crippen LogP contribution in [0.4, 0.5) is 14.5 Å². The van der Waals surface area contributed by atoms with Gasteiger partial charge in [0.2, 0.25) is 5.91 Å². The predicted molar refractivity (Wildman–Crippen MR) is 105 cm³/mol. The Morgan fingerprint density at radius 1 is 1.17 bits per heavy atom. The molecule has 1 amide bonds. The molecule has 0 unspecified atom stereocenters. The van der Waals surface area contributed by atoms with Crippen molar-refractivity contribution in [3.8, 4) is 5.75 Å². The number of rotatable bonds is 6. The summed E-state index contributed by atoms with van der Waals surface area (Å²) in [6.45, 7) is 0.429. The van der Waals surface area contributed by atoms with Crippen LogP contribution in [0.5, 0.6) is 5.75 Å². The first kappa shape index (κ1) is 19.4. The quantitative estimate of drug-likeness (QED) is 0.344. The maximum absolute atomic E-state index is 12.9. The Kier molecular flexibility index (Phi) is 5.48. The number of benzene rings is 2. The molecule has 2 heterocycles. The second-order valence-corrected chi connectivity index (χ2v) is 7.42. The molecule has 1 saturated heterocycles. The largest absolute Gasteiger partial charge is 0.425 e. The van der Waals surface area contributed by atoms with E-state index in [-0.39, 0.29) is 29.4 Å². The first-order valence-corrected chi connectivity index (χ1v) is 9.90. The van der Waals surface area contributed by atoms with Crippen molar-refractivity contribution < 1.29 is 23.1 Å². The molecule has 29 heavy (non-hydrogen) atoms. The van der Waals surface area contributed by atoms with Crippen molar-refractivity contribution in [1.82, 2.24) is 9.55 Å². The molecule has 0 radical (unpaired) electrons. The average Bonchev–Trinajstić information content (AvgIpc) is 3.26. The maximum Gasteiger partial charge on any atom is 0.331 e. The summed E-state index contributed by atoms with van der Waals surface area (Å²) in [6.07, 6.45) is 1.36. The van der Waals surface area contributed by atoms with Crippen LogP contribution < -0.4 is 9.64 Å². The van der Waals surface area contributed by atoms with Gasteiger partial charge in [-0.3, -0.25) is 4.79 Å². The van der Waals surface area contributed by atoms with Gasteiger partial charge >= 0.3 is 5.97 Å². The van der Waals surface area contributed by atoms with Crippen LogP contribution in [0, 0.1) is 0 Å². The van der Waals surface area contributed by atoms with E-state index >= 15 is 0 Å². The van der Waals surface area contributed by atoms with E-state index in [1.54, 1.807) is 53.4 Å². The Balaban J connectivity index is 1.49. The van der Waals surface area contributed by atoms with E-state index in [1.165, 1.54) is 4.57 Å². The molecule has 0 atom stereocenters. The molecule has 0 spiro atoms. The predicted octanol–water partition coefficient (Wildman–Crippen LogP) is 4.08. The van der Waals surface area contributed by atoms with Crippen molar-refractivity contribution in [2.45, 2.75) is 30.3 Å². The van der Waals surface area contributed by atoms with E-state index in [2.05, 4.69) is 4.98 Å². The number of thioether (sulfide) groups is 1. The van der Waals surface area contributed by atoms with Crippen molar-refractivity contribution in [1.29, 1.82) is 0 Å². The van der Waals surface area contributed by atoms with Crippen molar-refractivity contribution in [3.05, 3.63) is 48.5 Å². The third-order valence-electron chi connectivity index (χ3n) is 4.55. The summed E-state index contributed by atoms with van der Waals surface area (Å²) >= 11 is 0.289. The summed E-state index contributed by atoms with van der Waals surface area (Å²) in [5.41, 5.74) is 1.86. The normalized spacial score (nSPS) is 14.2. The minimum Gasteiger partial charge on any atom is -0.425 e. The number of esters is 1. The SMILES string of the molecule is O=C(Cn1c(SC(F)F)nc2ccccc21)Oc1ccc(N2CCCC2=O)cc1. The number of ether oxygens (including phenoxy) is 1. The number of alkyl halides is 2. The summed E-state index contributed by atoms with van der Waals surface area (Å²) in [4.78, 5) is 30.1. The van der Waals surface area contributed by atoms with E-state index in [0.717, 1.165) is 12.1 Å². The number of imidazole rings is 1. The van der Waals surface area contributed by atoms with Gasteiger partial charge in [0.25, 0.3) is 5.76 Å². The topological polar surface area (TPSA) is 64.4 Å². The number of aromatic nitrogens is 2. The van der Waals surface area contributed by atoms with E-state index in [4.69, 9.17) is 4.74 Å². The fourth-order valence-electron chi connectivity index (χ4n) is 3.28. The molecule has 1 fully saturated rings.